The monoisotopic (exact) mass is 278 g/mol. The Balaban J connectivity index is 2.21. The maximum atomic E-state index is 11.0. The Morgan fingerprint density at radius 1 is 1.45 bits per heavy atom. The molecule has 4 heteroatoms. The number of carboxylic acid groups (broad SMARTS) is 1. The molecular formula is C16H22O4. The van der Waals surface area contributed by atoms with E-state index in [1.54, 1.807) is 18.2 Å². The molecule has 4 nitrogen and oxygen atoms in total. The van der Waals surface area contributed by atoms with Crippen molar-refractivity contribution in [2.45, 2.75) is 58.3 Å². The van der Waals surface area contributed by atoms with Gasteiger partial charge in [-0.05, 0) is 58.4 Å². The van der Waals surface area contributed by atoms with Gasteiger partial charge in [0.25, 0.3) is 0 Å². The second kappa shape index (κ2) is 4.77. The third-order valence-electron chi connectivity index (χ3n) is 3.58. The van der Waals surface area contributed by atoms with E-state index in [0.717, 1.165) is 11.3 Å². The maximum absolute atomic E-state index is 11.0. The number of rotatable bonds is 3. The second-order valence-electron chi connectivity index (χ2n) is 6.59. The molecule has 2 atom stereocenters. The standard InChI is InChI=1S/C16H22O4/c1-10(19-15(2,3)4)16(5)9-12-8-11(14(17)18)6-7-13(12)20-16/h6-8,10H,9H2,1-5H3,(H,17,18). The van der Waals surface area contributed by atoms with Crippen molar-refractivity contribution in [1.82, 2.24) is 0 Å². The zero-order chi connectivity index (χ0) is 15.1. The molecule has 1 heterocycles. The average Bonchev–Trinajstić information content (AvgIpc) is 2.63. The van der Waals surface area contributed by atoms with Crippen LogP contribution in [-0.2, 0) is 11.2 Å². The van der Waals surface area contributed by atoms with Crippen molar-refractivity contribution in [3.8, 4) is 5.75 Å². The minimum atomic E-state index is -0.916. The molecule has 0 radical (unpaired) electrons. The highest BCUT2D eigenvalue weighted by molar-refractivity contribution is 5.88. The van der Waals surface area contributed by atoms with Gasteiger partial charge in [0.05, 0.1) is 17.3 Å². The van der Waals surface area contributed by atoms with E-state index in [-0.39, 0.29) is 11.7 Å². The van der Waals surface area contributed by atoms with Gasteiger partial charge in [-0.25, -0.2) is 4.79 Å². The number of ether oxygens (including phenoxy) is 2. The van der Waals surface area contributed by atoms with Crippen molar-refractivity contribution in [1.29, 1.82) is 0 Å². The molecule has 0 saturated carbocycles. The van der Waals surface area contributed by atoms with Crippen molar-refractivity contribution in [2.75, 3.05) is 0 Å². The summed E-state index contributed by atoms with van der Waals surface area (Å²) in [6, 6.07) is 4.99. The van der Waals surface area contributed by atoms with Crippen LogP contribution in [0.2, 0.25) is 0 Å². The Morgan fingerprint density at radius 2 is 2.10 bits per heavy atom. The van der Waals surface area contributed by atoms with E-state index in [4.69, 9.17) is 14.6 Å². The van der Waals surface area contributed by atoms with Crippen molar-refractivity contribution >= 4 is 5.97 Å². The van der Waals surface area contributed by atoms with E-state index in [1.165, 1.54) is 0 Å². The molecule has 1 aliphatic rings. The topological polar surface area (TPSA) is 55.8 Å². The number of aromatic carboxylic acids is 1. The van der Waals surface area contributed by atoms with E-state index in [0.29, 0.717) is 12.0 Å². The summed E-state index contributed by atoms with van der Waals surface area (Å²) in [5.74, 6) is -0.165. The molecule has 2 rings (SSSR count). The van der Waals surface area contributed by atoms with E-state index >= 15 is 0 Å². The molecule has 1 N–H and O–H groups in total. The molecule has 1 aliphatic heterocycles. The molecule has 20 heavy (non-hydrogen) atoms. The lowest BCUT2D eigenvalue weighted by Gasteiger charge is -2.35. The fourth-order valence-corrected chi connectivity index (χ4v) is 2.50. The summed E-state index contributed by atoms with van der Waals surface area (Å²) in [6.07, 6.45) is 0.559. The molecule has 0 spiro atoms. The van der Waals surface area contributed by atoms with Crippen LogP contribution >= 0.6 is 0 Å². The van der Waals surface area contributed by atoms with Crippen LogP contribution < -0.4 is 4.74 Å². The lowest BCUT2D eigenvalue weighted by atomic mass is 9.93. The van der Waals surface area contributed by atoms with Gasteiger partial charge in [0.15, 0.2) is 0 Å². The van der Waals surface area contributed by atoms with E-state index < -0.39 is 11.6 Å². The molecule has 2 unspecified atom stereocenters. The summed E-state index contributed by atoms with van der Waals surface area (Å²) in [5, 5.41) is 9.04. The quantitative estimate of drug-likeness (QED) is 0.921. The minimum absolute atomic E-state index is 0.0943. The summed E-state index contributed by atoms with van der Waals surface area (Å²) in [5.41, 5.74) is 0.511. The molecular weight excluding hydrogens is 256 g/mol. The van der Waals surface area contributed by atoms with Gasteiger partial charge in [0, 0.05) is 6.42 Å². The van der Waals surface area contributed by atoms with Gasteiger partial charge in [-0.2, -0.15) is 0 Å². The average molecular weight is 278 g/mol. The molecule has 110 valence electrons. The number of hydrogen-bond acceptors (Lipinski definition) is 3. The normalized spacial score (nSPS) is 23.1. The van der Waals surface area contributed by atoms with Crippen molar-refractivity contribution in [3.63, 3.8) is 0 Å². The summed E-state index contributed by atoms with van der Waals surface area (Å²) in [6.45, 7) is 10.0. The van der Waals surface area contributed by atoms with Gasteiger partial charge in [-0.15, -0.1) is 0 Å². The van der Waals surface area contributed by atoms with Gasteiger partial charge in [-0.3, -0.25) is 0 Å². The van der Waals surface area contributed by atoms with Gasteiger partial charge in [-0.1, -0.05) is 0 Å². The molecule has 0 bridgehead atoms. The zero-order valence-electron chi connectivity index (χ0n) is 12.7. The number of fused-ring (bicyclic) bond motifs is 1. The first kappa shape index (κ1) is 14.9. The highest BCUT2D eigenvalue weighted by Gasteiger charge is 2.42. The predicted molar refractivity (Wildman–Crippen MR) is 76.4 cm³/mol. The third-order valence-corrected chi connectivity index (χ3v) is 3.58. The highest BCUT2D eigenvalue weighted by atomic mass is 16.6. The zero-order valence-corrected chi connectivity index (χ0v) is 12.7. The van der Waals surface area contributed by atoms with Crippen LogP contribution in [-0.4, -0.2) is 28.4 Å². The highest BCUT2D eigenvalue weighted by Crippen LogP contribution is 2.39. The van der Waals surface area contributed by atoms with Crippen molar-refractivity contribution in [2.24, 2.45) is 0 Å². The first-order valence-corrected chi connectivity index (χ1v) is 6.84. The van der Waals surface area contributed by atoms with Crippen LogP contribution in [0.4, 0.5) is 0 Å². The van der Waals surface area contributed by atoms with Gasteiger partial charge < -0.3 is 14.6 Å². The van der Waals surface area contributed by atoms with E-state index in [2.05, 4.69) is 0 Å². The second-order valence-corrected chi connectivity index (χ2v) is 6.59. The molecule has 0 aliphatic carbocycles. The van der Waals surface area contributed by atoms with Crippen LogP contribution in [0.25, 0.3) is 0 Å². The summed E-state index contributed by atoms with van der Waals surface area (Å²) in [7, 11) is 0. The molecule has 0 amide bonds. The largest absolute Gasteiger partial charge is 0.484 e. The first-order chi connectivity index (χ1) is 9.11. The van der Waals surface area contributed by atoms with Crippen molar-refractivity contribution < 1.29 is 19.4 Å². The number of carbonyl (C=O) groups is 1. The molecule has 0 saturated heterocycles. The summed E-state index contributed by atoms with van der Waals surface area (Å²) >= 11 is 0. The SMILES string of the molecule is CC(OC(C)(C)C)C1(C)Cc2cc(C(=O)O)ccc2O1. The van der Waals surface area contributed by atoms with Crippen LogP contribution in [0.15, 0.2) is 18.2 Å². The smallest absolute Gasteiger partial charge is 0.335 e. The molecule has 0 aromatic heterocycles. The summed E-state index contributed by atoms with van der Waals surface area (Å²) in [4.78, 5) is 11.0. The lowest BCUT2D eigenvalue weighted by molar-refractivity contribution is -0.126. The van der Waals surface area contributed by atoms with E-state index in [1.807, 2.05) is 34.6 Å². The van der Waals surface area contributed by atoms with E-state index in [9.17, 15) is 4.79 Å². The Labute approximate surface area is 119 Å². The maximum Gasteiger partial charge on any atom is 0.335 e. The molecule has 0 fully saturated rings. The minimum Gasteiger partial charge on any atom is -0.484 e. The molecule has 1 aromatic rings. The number of benzene rings is 1. The van der Waals surface area contributed by atoms with Crippen LogP contribution in [0.5, 0.6) is 5.75 Å². The Bertz CT molecular complexity index is 530. The van der Waals surface area contributed by atoms with Crippen LogP contribution in [0.3, 0.4) is 0 Å². The van der Waals surface area contributed by atoms with Gasteiger partial charge in [0.2, 0.25) is 0 Å². The molecule has 1 aromatic carbocycles. The fourth-order valence-electron chi connectivity index (χ4n) is 2.50. The van der Waals surface area contributed by atoms with Crippen LogP contribution in [0, 0.1) is 0 Å². The predicted octanol–water partition coefficient (Wildman–Crippen LogP) is 3.28. The van der Waals surface area contributed by atoms with Gasteiger partial charge in [0.1, 0.15) is 11.4 Å². The van der Waals surface area contributed by atoms with Crippen LogP contribution in [0.1, 0.15) is 50.5 Å². The fraction of sp³-hybridized carbons (Fsp3) is 0.562. The van der Waals surface area contributed by atoms with Crippen molar-refractivity contribution in [3.05, 3.63) is 29.3 Å². The number of hydrogen-bond donors (Lipinski definition) is 1. The summed E-state index contributed by atoms with van der Waals surface area (Å²) < 4.78 is 12.0. The Morgan fingerprint density at radius 3 is 2.65 bits per heavy atom. The Hall–Kier alpha value is -1.55. The van der Waals surface area contributed by atoms with Gasteiger partial charge >= 0.3 is 5.97 Å². The number of carboxylic acids is 1. The first-order valence-electron chi connectivity index (χ1n) is 6.84. The Kier molecular flexibility index (Phi) is 3.54. The third kappa shape index (κ3) is 2.96. The lowest BCUT2D eigenvalue weighted by Crippen LogP contribution is -2.46.